The summed E-state index contributed by atoms with van der Waals surface area (Å²) in [6.07, 6.45) is -0.418. The number of nitrogens with zero attached hydrogens (tertiary/aromatic N) is 6. The molecule has 0 N–H and O–H groups in total. The first-order chi connectivity index (χ1) is 17.3. The third-order valence-electron chi connectivity index (χ3n) is 6.15. The predicted octanol–water partition coefficient (Wildman–Crippen LogP) is 4.51. The molecule has 0 bridgehead atoms. The Morgan fingerprint density at radius 1 is 1.19 bits per heavy atom. The van der Waals surface area contributed by atoms with Gasteiger partial charge in [-0.15, -0.1) is 0 Å². The number of hydrogen-bond donors (Lipinski definition) is 0. The van der Waals surface area contributed by atoms with E-state index in [1.807, 2.05) is 11.8 Å². The van der Waals surface area contributed by atoms with Crippen LogP contribution in [0.25, 0.3) is 16.7 Å². The Balaban J connectivity index is 1.83. The van der Waals surface area contributed by atoms with Crippen molar-refractivity contribution < 1.29 is 13.9 Å². The number of carbonyl (C=O) groups excluding carboxylic acids is 1. The highest BCUT2D eigenvalue weighted by Crippen LogP contribution is 2.31. The van der Waals surface area contributed by atoms with Gasteiger partial charge in [0.05, 0.1) is 22.7 Å². The third-order valence-corrected chi connectivity index (χ3v) is 6.42. The largest absolute Gasteiger partial charge is 0.444 e. The zero-order valence-corrected chi connectivity index (χ0v) is 22.4. The van der Waals surface area contributed by atoms with Crippen LogP contribution in [0, 0.1) is 31.0 Å². The lowest BCUT2D eigenvalue weighted by atomic mass is 10.0. The molecule has 1 aromatic carbocycles. The summed E-state index contributed by atoms with van der Waals surface area (Å²) in [6, 6.07) is 6.41. The molecule has 1 atom stereocenters. The Kier molecular flexibility index (Phi) is 6.86. The van der Waals surface area contributed by atoms with Gasteiger partial charge in [-0.05, 0) is 70.9 Å². The van der Waals surface area contributed by atoms with Gasteiger partial charge in [0.15, 0.2) is 16.6 Å². The molecule has 1 aliphatic heterocycles. The minimum Gasteiger partial charge on any atom is -0.444 e. The molecule has 2 aromatic heterocycles. The quantitative estimate of drug-likeness (QED) is 0.452. The van der Waals surface area contributed by atoms with Crippen molar-refractivity contribution in [1.29, 1.82) is 5.26 Å². The molecule has 1 fully saturated rings. The fourth-order valence-electron chi connectivity index (χ4n) is 4.64. The first-order valence-electron chi connectivity index (χ1n) is 11.9. The number of piperazine rings is 1. The van der Waals surface area contributed by atoms with Crippen LogP contribution in [0.2, 0.25) is 5.15 Å². The Labute approximate surface area is 219 Å². The van der Waals surface area contributed by atoms with Gasteiger partial charge in [-0.25, -0.2) is 23.5 Å². The number of nitriles is 1. The van der Waals surface area contributed by atoms with Gasteiger partial charge in [0.1, 0.15) is 11.4 Å². The molecule has 0 aliphatic carbocycles. The van der Waals surface area contributed by atoms with E-state index < -0.39 is 23.2 Å². The monoisotopic (exact) mass is 526 g/mol. The maximum atomic E-state index is 14.7. The van der Waals surface area contributed by atoms with E-state index in [-0.39, 0.29) is 22.7 Å². The number of anilines is 1. The van der Waals surface area contributed by atoms with Crippen molar-refractivity contribution in [3.05, 3.63) is 56.3 Å². The van der Waals surface area contributed by atoms with Gasteiger partial charge >= 0.3 is 11.8 Å². The summed E-state index contributed by atoms with van der Waals surface area (Å²) >= 11 is 6.06. The number of benzene rings is 1. The van der Waals surface area contributed by atoms with Crippen LogP contribution in [0.15, 0.2) is 23.0 Å². The second kappa shape index (κ2) is 9.63. The summed E-state index contributed by atoms with van der Waals surface area (Å²) in [6.45, 7) is 11.9. The van der Waals surface area contributed by atoms with Crippen LogP contribution in [0.4, 0.5) is 15.0 Å². The molecule has 9 nitrogen and oxygen atoms in total. The molecule has 0 radical (unpaired) electrons. The van der Waals surface area contributed by atoms with E-state index in [1.165, 1.54) is 10.6 Å². The van der Waals surface area contributed by atoms with Crippen molar-refractivity contribution in [3.63, 3.8) is 0 Å². The zero-order valence-electron chi connectivity index (χ0n) is 21.6. The number of pyridine rings is 1. The fourth-order valence-corrected chi connectivity index (χ4v) is 4.78. The molecule has 194 valence electrons. The van der Waals surface area contributed by atoms with Crippen molar-refractivity contribution in [2.75, 3.05) is 24.5 Å². The Morgan fingerprint density at radius 2 is 1.84 bits per heavy atom. The van der Waals surface area contributed by atoms with Gasteiger partial charge in [-0.2, -0.15) is 10.2 Å². The molecule has 3 aromatic rings. The van der Waals surface area contributed by atoms with Gasteiger partial charge in [0, 0.05) is 25.7 Å². The molecule has 0 spiro atoms. The Hall–Kier alpha value is -3.71. The lowest BCUT2D eigenvalue weighted by Gasteiger charge is -2.41. The van der Waals surface area contributed by atoms with Gasteiger partial charge in [0.25, 0.3) is 0 Å². The normalized spacial score (nSPS) is 16.1. The summed E-state index contributed by atoms with van der Waals surface area (Å²) in [5.41, 5.74) is 1.20. The number of carbonyl (C=O) groups is 1. The third kappa shape index (κ3) is 5.09. The molecule has 11 heteroatoms. The minimum atomic E-state index is -0.740. The molecule has 37 heavy (non-hydrogen) atoms. The highest BCUT2D eigenvalue weighted by molar-refractivity contribution is 6.30. The number of ether oxygens (including phenoxy) is 1. The first kappa shape index (κ1) is 26.4. The van der Waals surface area contributed by atoms with Crippen molar-refractivity contribution in [1.82, 2.24) is 19.4 Å². The number of aromatic nitrogens is 3. The summed E-state index contributed by atoms with van der Waals surface area (Å²) < 4.78 is 21.5. The minimum absolute atomic E-state index is 0.152. The van der Waals surface area contributed by atoms with Gasteiger partial charge < -0.3 is 14.5 Å². The number of hydrogen-bond acceptors (Lipinski definition) is 7. The van der Waals surface area contributed by atoms with Crippen LogP contribution in [0.3, 0.4) is 0 Å². The van der Waals surface area contributed by atoms with Gasteiger partial charge in [0.2, 0.25) is 0 Å². The van der Waals surface area contributed by atoms with Crippen LogP contribution in [0.5, 0.6) is 0 Å². The summed E-state index contributed by atoms with van der Waals surface area (Å²) in [7, 11) is 0. The molecule has 3 heterocycles. The van der Waals surface area contributed by atoms with Crippen LogP contribution >= 0.6 is 11.6 Å². The van der Waals surface area contributed by atoms with E-state index in [0.717, 1.165) is 0 Å². The average Bonchev–Trinajstić information content (AvgIpc) is 2.79. The van der Waals surface area contributed by atoms with Crippen molar-refractivity contribution in [2.24, 2.45) is 0 Å². The second-order valence-corrected chi connectivity index (χ2v) is 10.6. The summed E-state index contributed by atoms with van der Waals surface area (Å²) in [5, 5.41) is 9.25. The number of rotatable bonds is 2. The molecule has 4 rings (SSSR count). The van der Waals surface area contributed by atoms with E-state index in [1.54, 1.807) is 51.7 Å². The topological polar surface area (TPSA) is 104 Å². The first-order valence-corrected chi connectivity index (χ1v) is 12.2. The molecule has 0 unspecified atom stereocenters. The van der Waals surface area contributed by atoms with E-state index in [0.29, 0.717) is 47.4 Å². The molecule has 0 saturated carbocycles. The standard InChI is InChI=1S/C26H28ClFN6O3/c1-14-9-17(12-29)10-15(2)20(14)34-23-18(11-19(28)21(27)30-23)22(31-24(34)35)33-8-7-32(13-16(33)3)25(36)37-26(4,5)6/h9-11,16H,7-8,13H2,1-6H3/t16-/m0/s1. The maximum absolute atomic E-state index is 14.7. The van der Waals surface area contributed by atoms with E-state index >= 15 is 0 Å². The average molecular weight is 527 g/mol. The number of amides is 1. The van der Waals surface area contributed by atoms with E-state index in [9.17, 15) is 19.2 Å². The second-order valence-electron chi connectivity index (χ2n) is 10.2. The number of aryl methyl sites for hydroxylation is 2. The smallest absolute Gasteiger partial charge is 0.410 e. The molecular weight excluding hydrogens is 499 g/mol. The lowest BCUT2D eigenvalue weighted by Crippen LogP contribution is -2.55. The van der Waals surface area contributed by atoms with Crippen LogP contribution in [0.1, 0.15) is 44.4 Å². The zero-order chi connectivity index (χ0) is 27.2. The number of halogens is 2. The lowest BCUT2D eigenvalue weighted by molar-refractivity contribution is 0.0218. The van der Waals surface area contributed by atoms with Gasteiger partial charge in [-0.1, -0.05) is 11.6 Å². The van der Waals surface area contributed by atoms with Crippen LogP contribution < -0.4 is 10.6 Å². The van der Waals surface area contributed by atoms with Crippen molar-refractivity contribution in [2.45, 2.75) is 53.2 Å². The molecule has 1 saturated heterocycles. The summed E-state index contributed by atoms with van der Waals surface area (Å²) in [4.78, 5) is 38.1. The Bertz CT molecular complexity index is 1480. The van der Waals surface area contributed by atoms with Gasteiger partial charge in [-0.3, -0.25) is 0 Å². The SMILES string of the molecule is Cc1cc(C#N)cc(C)c1-n1c(=O)nc(N2CCN(C(=O)OC(C)(C)C)C[C@@H]2C)c2cc(F)c(Cl)nc21. The predicted molar refractivity (Wildman–Crippen MR) is 139 cm³/mol. The van der Waals surface area contributed by atoms with Crippen LogP contribution in [-0.2, 0) is 4.74 Å². The fraction of sp³-hybridized carbons (Fsp3) is 0.423. The maximum Gasteiger partial charge on any atom is 0.410 e. The highest BCUT2D eigenvalue weighted by Gasteiger charge is 2.32. The Morgan fingerprint density at radius 3 is 2.41 bits per heavy atom. The van der Waals surface area contributed by atoms with E-state index in [2.05, 4.69) is 16.0 Å². The van der Waals surface area contributed by atoms with Crippen molar-refractivity contribution in [3.8, 4) is 11.8 Å². The molecule has 1 aliphatic rings. The molecular formula is C26H28ClFN6O3. The van der Waals surface area contributed by atoms with E-state index in [4.69, 9.17) is 16.3 Å². The highest BCUT2D eigenvalue weighted by atomic mass is 35.5. The summed E-state index contributed by atoms with van der Waals surface area (Å²) in [5.74, 6) is -0.477. The number of fused-ring (bicyclic) bond motifs is 1. The molecule has 1 amide bonds. The van der Waals surface area contributed by atoms with Crippen LogP contribution in [-0.4, -0.2) is 56.8 Å². The van der Waals surface area contributed by atoms with Crippen molar-refractivity contribution >= 4 is 34.5 Å².